The van der Waals surface area contributed by atoms with Crippen LogP contribution in [0.3, 0.4) is 0 Å². The number of oxime groups is 1. The number of aromatic nitrogens is 1. The smallest absolute Gasteiger partial charge is 0.331 e. The van der Waals surface area contributed by atoms with Crippen molar-refractivity contribution >= 4 is 57.7 Å². The van der Waals surface area contributed by atoms with E-state index in [4.69, 9.17) is 9.82 Å². The predicted molar refractivity (Wildman–Crippen MR) is 174 cm³/mol. The fraction of sp³-hybridized carbons (Fsp3) is 0.182. The number of carboxylic acids is 1. The average molecular weight is 654 g/mol. The number of thiazole rings is 1. The normalized spacial score (nSPS) is 19.4. The molecule has 0 radical (unpaired) electrons. The molecule has 3 heterocycles. The van der Waals surface area contributed by atoms with Crippen molar-refractivity contribution < 1.29 is 29.1 Å². The minimum atomic E-state index is -1.41. The quantitative estimate of drug-likeness (QED) is 0.0768. The first-order valence-corrected chi connectivity index (χ1v) is 16.0. The number of nitrogens with zero attached hydrogens (tertiary/aromatic N) is 3. The lowest BCUT2D eigenvalue weighted by molar-refractivity contribution is -0.159. The molecule has 2 aliphatic heterocycles. The summed E-state index contributed by atoms with van der Waals surface area (Å²) in [4.78, 5) is 60.4. The van der Waals surface area contributed by atoms with Crippen molar-refractivity contribution in [2.24, 2.45) is 5.16 Å². The summed E-state index contributed by atoms with van der Waals surface area (Å²) < 4.78 is 0. The molecule has 46 heavy (non-hydrogen) atoms. The molecule has 2 saturated heterocycles. The van der Waals surface area contributed by atoms with Gasteiger partial charge in [0.05, 0.1) is 5.57 Å². The van der Waals surface area contributed by atoms with Gasteiger partial charge >= 0.3 is 5.97 Å². The van der Waals surface area contributed by atoms with Gasteiger partial charge < -0.3 is 25.5 Å². The Bertz CT molecular complexity index is 1750. The van der Waals surface area contributed by atoms with E-state index >= 15 is 0 Å². The Balaban J connectivity index is 1.30. The number of hydrogen-bond acceptors (Lipinski definition) is 10. The van der Waals surface area contributed by atoms with Crippen LogP contribution in [0.5, 0.6) is 0 Å². The van der Waals surface area contributed by atoms with Crippen molar-refractivity contribution in [2.75, 3.05) is 18.2 Å². The number of carbonyl (C=O) groups excluding carboxylic acids is 3. The van der Waals surface area contributed by atoms with E-state index in [0.717, 1.165) is 21.6 Å². The summed E-state index contributed by atoms with van der Waals surface area (Å²) in [6.45, 7) is 0. The van der Waals surface area contributed by atoms with Gasteiger partial charge in [0.1, 0.15) is 35.7 Å². The molecule has 2 fully saturated rings. The summed E-state index contributed by atoms with van der Waals surface area (Å²) in [5.41, 5.74) is 2.08. The van der Waals surface area contributed by atoms with Gasteiger partial charge in [0.15, 0.2) is 16.9 Å². The van der Waals surface area contributed by atoms with Crippen molar-refractivity contribution in [3.8, 4) is 0 Å². The molecular weight excluding hydrogens is 627 g/mol. The number of hydrogen-bond donors (Lipinski definition) is 3. The summed E-state index contributed by atoms with van der Waals surface area (Å²) in [6.07, 6.45) is 0. The molecule has 0 spiro atoms. The summed E-state index contributed by atoms with van der Waals surface area (Å²) >= 11 is 2.45. The minimum Gasteiger partial charge on any atom is -0.479 e. The molecule has 0 saturated carbocycles. The minimum absolute atomic E-state index is 0.0337. The van der Waals surface area contributed by atoms with Crippen molar-refractivity contribution in [2.45, 2.75) is 23.0 Å². The molecule has 3 N–H and O–H groups in total. The lowest BCUT2D eigenvalue weighted by Crippen LogP contribution is -2.75. The van der Waals surface area contributed by atoms with Crippen molar-refractivity contribution in [1.82, 2.24) is 15.2 Å². The molecule has 3 aromatic carbocycles. The van der Waals surface area contributed by atoms with Gasteiger partial charge in [0.25, 0.3) is 5.91 Å². The van der Waals surface area contributed by atoms with Gasteiger partial charge in [-0.2, -0.15) is 0 Å². The molecule has 0 bridgehead atoms. The molecule has 1 aromatic heterocycles. The molecule has 11 nitrogen and oxygen atoms in total. The van der Waals surface area contributed by atoms with Crippen LogP contribution in [-0.2, 0) is 29.6 Å². The van der Waals surface area contributed by atoms with Crippen LogP contribution in [0.25, 0.3) is 0 Å². The first-order valence-electron chi connectivity index (χ1n) is 14.1. The number of aliphatic carboxylic acids is 1. The number of rotatable bonds is 10. The average Bonchev–Trinajstić information content (AvgIpc) is 3.56. The zero-order chi connectivity index (χ0) is 32.3. The highest BCUT2D eigenvalue weighted by atomic mass is 32.2. The van der Waals surface area contributed by atoms with Crippen LogP contribution >= 0.6 is 23.1 Å². The van der Waals surface area contributed by atoms with Crippen LogP contribution < -0.4 is 10.6 Å². The zero-order valence-electron chi connectivity index (χ0n) is 24.3. The number of amides is 2. The van der Waals surface area contributed by atoms with Crippen LogP contribution in [0.1, 0.15) is 22.4 Å². The topological polar surface area (TPSA) is 150 Å². The third-order valence-electron chi connectivity index (χ3n) is 7.81. The Morgan fingerprint density at radius 1 is 1.00 bits per heavy atom. The van der Waals surface area contributed by atoms with E-state index in [-0.39, 0.29) is 22.7 Å². The highest BCUT2D eigenvalue weighted by Crippen LogP contribution is 2.41. The molecule has 6 rings (SSSR count). The van der Waals surface area contributed by atoms with Gasteiger partial charge in [-0.15, -0.1) is 23.1 Å². The summed E-state index contributed by atoms with van der Waals surface area (Å²) in [5, 5.41) is 21.3. The third kappa shape index (κ3) is 5.45. The Morgan fingerprint density at radius 2 is 1.57 bits per heavy atom. The third-order valence-corrected chi connectivity index (χ3v) is 9.88. The molecular formula is C33H27N5O6S2. The van der Waals surface area contributed by atoms with E-state index in [1.54, 1.807) is 11.3 Å². The zero-order valence-corrected chi connectivity index (χ0v) is 26.0. The molecule has 4 aromatic rings. The number of carbonyl (C=O) groups is 3. The summed E-state index contributed by atoms with van der Waals surface area (Å²) in [5.74, 6) is -0.961. The molecule has 2 unspecified atom stereocenters. The monoisotopic (exact) mass is 653 g/mol. The standard InChI is InChI=1S/C33H27N5O6S2/c1-44-37-25(28(40)35-26-29(41)38-27(31(42)43)20(17-39)18-45-30(26)38)24-19-46-32(34-24)36-33(21-11-5-2-6-12-21,22-13-7-3-8-14-22)23-15-9-4-10-16-23/h2-16,19,26-27,30H,18H2,1H3,(H,34,36)(H,35,40)(H,42,43)/t26?,27?,30-/m1/s1. The number of β-lactam (4-membered cyclic amide) rings is 1. The second-order valence-corrected chi connectivity index (χ2v) is 12.4. The Kier molecular flexibility index (Phi) is 8.71. The molecule has 13 heteroatoms. The van der Waals surface area contributed by atoms with E-state index in [0.29, 0.717) is 5.13 Å². The highest BCUT2D eigenvalue weighted by molar-refractivity contribution is 8.00. The van der Waals surface area contributed by atoms with Gasteiger partial charge in [0.2, 0.25) is 5.91 Å². The van der Waals surface area contributed by atoms with Gasteiger partial charge in [0, 0.05) is 11.1 Å². The number of anilines is 1. The summed E-state index contributed by atoms with van der Waals surface area (Å²) in [7, 11) is 1.29. The van der Waals surface area contributed by atoms with E-state index in [2.05, 4.69) is 15.8 Å². The Hall–Kier alpha value is -5.23. The van der Waals surface area contributed by atoms with E-state index in [1.807, 2.05) is 91.0 Å². The van der Waals surface area contributed by atoms with Gasteiger partial charge in [-0.3, -0.25) is 9.59 Å². The number of benzene rings is 3. The van der Waals surface area contributed by atoms with E-state index < -0.39 is 40.8 Å². The first kappa shape index (κ1) is 30.8. The maximum atomic E-state index is 13.5. The molecule has 0 aliphatic carbocycles. The van der Waals surface area contributed by atoms with Crippen molar-refractivity contribution in [3.63, 3.8) is 0 Å². The summed E-state index contributed by atoms with van der Waals surface area (Å²) in [6, 6.07) is 27.5. The van der Waals surface area contributed by atoms with Crippen LogP contribution in [0.4, 0.5) is 5.13 Å². The fourth-order valence-electron chi connectivity index (χ4n) is 5.73. The van der Waals surface area contributed by atoms with Crippen LogP contribution in [-0.4, -0.2) is 74.7 Å². The maximum Gasteiger partial charge on any atom is 0.331 e. The molecule has 3 atom stereocenters. The highest BCUT2D eigenvalue weighted by Gasteiger charge is 2.57. The van der Waals surface area contributed by atoms with E-state index in [1.165, 1.54) is 30.2 Å². The van der Waals surface area contributed by atoms with E-state index in [9.17, 15) is 24.3 Å². The van der Waals surface area contributed by atoms with Crippen LogP contribution in [0.15, 0.2) is 107 Å². The van der Waals surface area contributed by atoms with Gasteiger partial charge in [-0.05, 0) is 16.7 Å². The Labute approximate surface area is 272 Å². The van der Waals surface area contributed by atoms with Crippen LogP contribution in [0, 0.1) is 0 Å². The second-order valence-electron chi connectivity index (χ2n) is 10.4. The predicted octanol–water partition coefficient (Wildman–Crippen LogP) is 3.51. The fourth-order valence-corrected chi connectivity index (χ4v) is 7.81. The Morgan fingerprint density at radius 3 is 2.07 bits per heavy atom. The lowest BCUT2D eigenvalue weighted by atomic mass is 9.77. The first-order chi connectivity index (χ1) is 22.4. The second kappa shape index (κ2) is 13.0. The number of fused-ring (bicyclic) bond motifs is 1. The van der Waals surface area contributed by atoms with Gasteiger partial charge in [-0.25, -0.2) is 14.6 Å². The van der Waals surface area contributed by atoms with Crippen molar-refractivity contribution in [1.29, 1.82) is 0 Å². The molecule has 232 valence electrons. The molecule has 2 aliphatic rings. The number of nitrogens with one attached hydrogen (secondary N) is 2. The largest absolute Gasteiger partial charge is 0.479 e. The lowest BCUT2D eigenvalue weighted by Gasteiger charge is -2.51. The SMILES string of the molecule is CON=C(C(=O)NC1C(=O)N2C(C(=O)O)C(=C=O)CS[C@H]12)c1csc(NC(c2ccccc2)(c2ccccc2)c2ccccc2)n1. The van der Waals surface area contributed by atoms with Crippen molar-refractivity contribution in [3.05, 3.63) is 124 Å². The van der Waals surface area contributed by atoms with Crippen LogP contribution in [0.2, 0.25) is 0 Å². The maximum absolute atomic E-state index is 13.5. The number of thioether (sulfide) groups is 1. The van der Waals surface area contributed by atoms with Gasteiger partial charge in [-0.1, -0.05) is 96.2 Å². The number of carboxylic acid groups (broad SMARTS) is 1. The molecule has 2 amide bonds.